The van der Waals surface area contributed by atoms with E-state index >= 15 is 0 Å². The molecule has 1 radical (unpaired) electrons. The number of carbonyl (C=O) groups excluding carboxylic acids is 1. The number of thioether (sulfide) groups is 1. The van der Waals surface area contributed by atoms with E-state index in [1.165, 1.54) is 11.8 Å². The van der Waals surface area contributed by atoms with Crippen LogP contribution in [0.1, 0.15) is 32.6 Å². The molecule has 1 aliphatic heterocycles. The first kappa shape index (κ1) is 13.1. The molecular weight excluding hydrogens is 254 g/mol. The minimum atomic E-state index is -1.02. The van der Waals surface area contributed by atoms with Crippen molar-refractivity contribution in [3.8, 4) is 0 Å². The predicted octanol–water partition coefficient (Wildman–Crippen LogP) is 1.03. The lowest BCUT2D eigenvalue weighted by molar-refractivity contribution is -0.133. The fourth-order valence-corrected chi connectivity index (χ4v) is 2.67. The molecule has 0 spiro atoms. The molecule has 1 amide bonds. The van der Waals surface area contributed by atoms with Gasteiger partial charge in [-0.2, -0.15) is 15.8 Å². The Morgan fingerprint density at radius 3 is 2.83 bits per heavy atom. The van der Waals surface area contributed by atoms with Gasteiger partial charge < -0.3 is 5.11 Å². The second-order valence-corrected chi connectivity index (χ2v) is 5.24. The van der Waals surface area contributed by atoms with Crippen LogP contribution in [0.15, 0.2) is 16.1 Å². The Balaban J connectivity index is 2.11. The third-order valence-electron chi connectivity index (χ3n) is 2.85. The van der Waals surface area contributed by atoms with Gasteiger partial charge in [0.15, 0.2) is 0 Å². The highest BCUT2D eigenvalue weighted by Crippen LogP contribution is 2.28. The van der Waals surface area contributed by atoms with Gasteiger partial charge in [0.25, 0.3) is 5.91 Å². The summed E-state index contributed by atoms with van der Waals surface area (Å²) in [5.41, 5.74) is 7.33. The maximum Gasteiger partial charge on any atom is 0.332 e. The van der Waals surface area contributed by atoms with E-state index in [0.717, 1.165) is 6.42 Å². The highest BCUT2D eigenvalue weighted by Gasteiger charge is 2.27. The molecule has 2 N–H and O–H groups in total. The van der Waals surface area contributed by atoms with Gasteiger partial charge in [-0.15, -0.1) is 0 Å². The molecule has 97 valence electrons. The summed E-state index contributed by atoms with van der Waals surface area (Å²) in [5.74, 6) is -1.48. The van der Waals surface area contributed by atoms with Gasteiger partial charge in [-0.3, -0.25) is 4.79 Å². The molecule has 0 bridgehead atoms. The monoisotopic (exact) mass is 268 g/mol. The van der Waals surface area contributed by atoms with Crippen molar-refractivity contribution in [1.29, 1.82) is 0 Å². The Bertz CT molecular complexity index is 445. The number of aliphatic imine (C=N–C) groups is 1. The molecular formula is C11H14N3O3S. The second-order valence-electron chi connectivity index (χ2n) is 4.07. The van der Waals surface area contributed by atoms with Crippen LogP contribution in [-0.4, -0.2) is 27.5 Å². The molecule has 1 saturated heterocycles. The second kappa shape index (κ2) is 5.53. The number of hydrogen-bond acceptors (Lipinski definition) is 4. The summed E-state index contributed by atoms with van der Waals surface area (Å²) in [5, 5.41) is 9.51. The van der Waals surface area contributed by atoms with Crippen molar-refractivity contribution in [1.82, 2.24) is 10.9 Å². The summed E-state index contributed by atoms with van der Waals surface area (Å²) < 4.78 is 0. The number of amides is 1. The molecule has 1 atom stereocenters. The molecule has 2 rings (SSSR count). The van der Waals surface area contributed by atoms with Gasteiger partial charge in [0.1, 0.15) is 0 Å². The number of rotatable bonds is 3. The largest absolute Gasteiger partial charge is 0.478 e. The maximum atomic E-state index is 11.9. The lowest BCUT2D eigenvalue weighted by Crippen LogP contribution is -2.24. The van der Waals surface area contributed by atoms with E-state index in [1.54, 1.807) is 0 Å². The summed E-state index contributed by atoms with van der Waals surface area (Å²) >= 11 is 1.39. The van der Waals surface area contributed by atoms with Crippen LogP contribution in [0.2, 0.25) is 0 Å². The van der Waals surface area contributed by atoms with Crippen molar-refractivity contribution in [2.45, 2.75) is 38.0 Å². The Labute approximate surface area is 109 Å². The zero-order valence-corrected chi connectivity index (χ0v) is 10.8. The van der Waals surface area contributed by atoms with E-state index in [0.29, 0.717) is 30.0 Å². The van der Waals surface area contributed by atoms with Gasteiger partial charge in [0.05, 0.1) is 5.37 Å². The number of nitrogens with one attached hydrogen (secondary N) is 1. The lowest BCUT2D eigenvalue weighted by Gasteiger charge is -1.99. The molecule has 18 heavy (non-hydrogen) atoms. The smallest absolute Gasteiger partial charge is 0.332 e. The summed E-state index contributed by atoms with van der Waals surface area (Å²) in [4.78, 5) is 26.7. The summed E-state index contributed by atoms with van der Waals surface area (Å²) in [6, 6.07) is 0. The molecule has 7 heteroatoms. The molecule has 0 aromatic heterocycles. The van der Waals surface area contributed by atoms with Crippen LogP contribution in [0, 0.1) is 0 Å². The lowest BCUT2D eigenvalue weighted by atomic mass is 10.1. The number of aliphatic carboxylic acids is 1. The third-order valence-corrected chi connectivity index (χ3v) is 3.97. The molecule has 1 unspecified atom stereocenters. The average Bonchev–Trinajstić information content (AvgIpc) is 2.96. The first-order valence-electron chi connectivity index (χ1n) is 5.83. The normalized spacial score (nSPS) is 25.6. The fraction of sp³-hybridized carbons (Fsp3) is 0.545. The Kier molecular flexibility index (Phi) is 4.03. The highest BCUT2D eigenvalue weighted by molar-refractivity contribution is 8.14. The molecule has 1 fully saturated rings. The number of hydrogen-bond donors (Lipinski definition) is 2. The van der Waals surface area contributed by atoms with Crippen LogP contribution in [-0.2, 0) is 9.59 Å². The zero-order valence-electron chi connectivity index (χ0n) is 9.97. The van der Waals surface area contributed by atoms with Gasteiger partial charge in [0.2, 0.25) is 5.17 Å². The fourth-order valence-electron chi connectivity index (χ4n) is 1.90. The number of carboxylic acids is 1. The number of carbonyl (C=O) groups is 2. The first-order valence-corrected chi connectivity index (χ1v) is 6.71. The van der Waals surface area contributed by atoms with E-state index < -0.39 is 11.9 Å². The first-order chi connectivity index (χ1) is 8.61. The SMILES string of the molecule is CCC1N[N]C(=NC(=O)C2=C(C(=O)O)CCC2)S1. The maximum absolute atomic E-state index is 11.9. The van der Waals surface area contributed by atoms with Gasteiger partial charge in [-0.1, -0.05) is 18.7 Å². The topological polar surface area (TPSA) is 92.9 Å². The molecule has 2 aliphatic rings. The van der Waals surface area contributed by atoms with Gasteiger partial charge >= 0.3 is 5.97 Å². The van der Waals surface area contributed by atoms with E-state index in [-0.39, 0.29) is 10.9 Å². The van der Waals surface area contributed by atoms with Crippen LogP contribution < -0.4 is 10.9 Å². The van der Waals surface area contributed by atoms with E-state index in [2.05, 4.69) is 15.8 Å². The van der Waals surface area contributed by atoms with Crippen LogP contribution in [0.25, 0.3) is 0 Å². The molecule has 1 heterocycles. The van der Waals surface area contributed by atoms with Gasteiger partial charge in [-0.05, 0) is 25.7 Å². The Morgan fingerprint density at radius 1 is 1.50 bits per heavy atom. The summed E-state index contributed by atoms with van der Waals surface area (Å²) in [7, 11) is 0. The van der Waals surface area contributed by atoms with Crippen molar-refractivity contribution in [3.05, 3.63) is 11.1 Å². The minimum absolute atomic E-state index is 0.146. The van der Waals surface area contributed by atoms with Crippen molar-refractivity contribution < 1.29 is 14.7 Å². The zero-order chi connectivity index (χ0) is 13.1. The number of amidine groups is 1. The van der Waals surface area contributed by atoms with Crippen molar-refractivity contribution in [3.63, 3.8) is 0 Å². The average molecular weight is 268 g/mol. The number of nitrogens with zero attached hydrogens (tertiary/aromatic N) is 2. The molecule has 0 saturated carbocycles. The quantitative estimate of drug-likeness (QED) is 0.797. The summed E-state index contributed by atoms with van der Waals surface area (Å²) in [6.07, 6.45) is 2.52. The minimum Gasteiger partial charge on any atom is -0.478 e. The molecule has 1 aliphatic carbocycles. The van der Waals surface area contributed by atoms with Crippen LogP contribution in [0.5, 0.6) is 0 Å². The standard InChI is InChI=1S/C11H14N3O3S/c1-2-8-13-14-11(18-8)12-9(15)6-4-3-5-7(6)10(16)17/h8,13H,2-5H2,1H3,(H,16,17). The molecule has 0 aromatic rings. The van der Waals surface area contributed by atoms with Gasteiger partial charge in [-0.25, -0.2) is 4.79 Å². The summed E-state index contributed by atoms with van der Waals surface area (Å²) in [6.45, 7) is 2.01. The van der Waals surface area contributed by atoms with Crippen molar-refractivity contribution >= 4 is 28.8 Å². The molecule has 0 aromatic carbocycles. The van der Waals surface area contributed by atoms with Crippen LogP contribution >= 0.6 is 11.8 Å². The van der Waals surface area contributed by atoms with Crippen LogP contribution in [0.4, 0.5) is 0 Å². The van der Waals surface area contributed by atoms with E-state index in [9.17, 15) is 9.59 Å². The number of carboxylic acid groups (broad SMARTS) is 1. The van der Waals surface area contributed by atoms with Crippen molar-refractivity contribution in [2.75, 3.05) is 0 Å². The van der Waals surface area contributed by atoms with Crippen LogP contribution in [0.3, 0.4) is 0 Å². The van der Waals surface area contributed by atoms with E-state index in [1.807, 2.05) is 6.92 Å². The Morgan fingerprint density at radius 2 is 2.22 bits per heavy atom. The third kappa shape index (κ3) is 2.73. The van der Waals surface area contributed by atoms with Gasteiger partial charge in [0, 0.05) is 11.1 Å². The Hall–Kier alpha value is -1.34. The predicted molar refractivity (Wildman–Crippen MR) is 67.9 cm³/mol. The molecule has 6 nitrogen and oxygen atoms in total. The van der Waals surface area contributed by atoms with E-state index in [4.69, 9.17) is 5.11 Å². The van der Waals surface area contributed by atoms with Crippen molar-refractivity contribution in [2.24, 2.45) is 4.99 Å². The highest BCUT2D eigenvalue weighted by atomic mass is 32.2.